The van der Waals surface area contributed by atoms with Gasteiger partial charge in [-0.3, -0.25) is 25.0 Å². The Morgan fingerprint density at radius 1 is 1.13 bits per heavy atom. The number of benzene rings is 2. The minimum absolute atomic E-state index is 0.0284. The largest absolute Gasteiger partial charge is 0.477 e. The highest BCUT2D eigenvalue weighted by Crippen LogP contribution is 2.29. The molecule has 1 aromatic heterocycles. The molecule has 0 saturated carbocycles. The predicted molar refractivity (Wildman–Crippen MR) is 112 cm³/mol. The number of aromatic nitrogens is 1. The number of halogens is 1. The molecule has 0 aliphatic heterocycles. The van der Waals surface area contributed by atoms with Crippen LogP contribution >= 0.6 is 11.6 Å². The van der Waals surface area contributed by atoms with Gasteiger partial charge in [-0.15, -0.1) is 0 Å². The van der Waals surface area contributed by atoms with Crippen LogP contribution in [0.2, 0.25) is 5.02 Å². The van der Waals surface area contributed by atoms with Crippen molar-refractivity contribution in [2.24, 2.45) is 5.10 Å². The molecule has 1 N–H and O–H groups in total. The molecule has 0 saturated heterocycles. The number of nitrogens with zero attached hydrogens (tertiary/aromatic N) is 4. The number of nitrogens with one attached hydrogen (secondary N) is 1. The molecule has 3 aromatic rings. The Hall–Kier alpha value is -4.25. The summed E-state index contributed by atoms with van der Waals surface area (Å²) < 4.78 is 6.90. The van der Waals surface area contributed by atoms with Gasteiger partial charge < -0.3 is 9.30 Å². The van der Waals surface area contributed by atoms with Crippen molar-refractivity contribution in [3.63, 3.8) is 0 Å². The molecule has 0 radical (unpaired) electrons. The summed E-state index contributed by atoms with van der Waals surface area (Å²) >= 11 is 5.73. The molecule has 3 rings (SSSR count). The lowest BCUT2D eigenvalue weighted by molar-refractivity contribution is -0.385. The molecule has 31 heavy (non-hydrogen) atoms. The van der Waals surface area contributed by atoms with Gasteiger partial charge in [0.1, 0.15) is 0 Å². The Labute approximate surface area is 179 Å². The van der Waals surface area contributed by atoms with E-state index in [-0.39, 0.29) is 22.1 Å². The van der Waals surface area contributed by atoms with Crippen molar-refractivity contribution in [2.45, 2.75) is 0 Å². The zero-order valence-electron chi connectivity index (χ0n) is 15.7. The van der Waals surface area contributed by atoms with Crippen LogP contribution in [-0.2, 0) is 4.79 Å². The average Bonchev–Trinajstić information content (AvgIpc) is 3.21. The third-order valence-corrected chi connectivity index (χ3v) is 4.22. The van der Waals surface area contributed by atoms with Crippen molar-refractivity contribution in [3.05, 3.63) is 91.7 Å². The maximum atomic E-state index is 11.9. The third-order valence-electron chi connectivity index (χ3n) is 3.98. The van der Waals surface area contributed by atoms with Gasteiger partial charge in [-0.1, -0.05) is 11.6 Å². The van der Waals surface area contributed by atoms with Gasteiger partial charge in [0.2, 0.25) is 0 Å². The number of non-ortho nitro benzene ring substituents is 1. The van der Waals surface area contributed by atoms with E-state index in [2.05, 4.69) is 10.5 Å². The van der Waals surface area contributed by atoms with Crippen LogP contribution in [0.3, 0.4) is 0 Å². The molecule has 0 bridgehead atoms. The minimum atomic E-state index is -0.663. The highest BCUT2D eigenvalue weighted by molar-refractivity contribution is 6.30. The summed E-state index contributed by atoms with van der Waals surface area (Å²) in [5.74, 6) is -0.727. The summed E-state index contributed by atoms with van der Waals surface area (Å²) in [4.78, 5) is 32.6. The van der Waals surface area contributed by atoms with E-state index in [1.54, 1.807) is 35.0 Å². The van der Waals surface area contributed by atoms with Crippen molar-refractivity contribution in [1.82, 2.24) is 9.99 Å². The summed E-state index contributed by atoms with van der Waals surface area (Å²) in [6, 6.07) is 13.2. The quantitative estimate of drug-likeness (QED) is 0.321. The molecular weight excluding hydrogens is 430 g/mol. The van der Waals surface area contributed by atoms with Gasteiger partial charge in [0.25, 0.3) is 11.6 Å². The number of ether oxygens (including phenoxy) is 1. The smallest absolute Gasteiger partial charge is 0.312 e. The standard InChI is InChI=1S/C19H14ClN5O6/c20-13-3-8-18(17(10-13)25(29)30)31-12-19(26)22-21-11-16-2-1-9-23(16)14-4-6-15(7-5-14)24(27)28/h1-11H,12H2,(H,22,26). The van der Waals surface area contributed by atoms with Crippen LogP contribution in [0.25, 0.3) is 5.69 Å². The van der Waals surface area contributed by atoms with Gasteiger partial charge in [-0.25, -0.2) is 5.43 Å². The van der Waals surface area contributed by atoms with Crippen molar-refractivity contribution < 1.29 is 19.4 Å². The van der Waals surface area contributed by atoms with E-state index >= 15 is 0 Å². The third kappa shape index (κ3) is 5.42. The van der Waals surface area contributed by atoms with Crippen molar-refractivity contribution in [3.8, 4) is 11.4 Å². The number of hydrazone groups is 1. The van der Waals surface area contributed by atoms with Gasteiger partial charge in [0.05, 0.1) is 21.8 Å². The van der Waals surface area contributed by atoms with Crippen LogP contribution in [0.4, 0.5) is 11.4 Å². The summed E-state index contributed by atoms with van der Waals surface area (Å²) in [5.41, 5.74) is 3.14. The minimum Gasteiger partial charge on any atom is -0.477 e. The number of carbonyl (C=O) groups is 1. The van der Waals surface area contributed by atoms with Crippen LogP contribution < -0.4 is 10.2 Å². The van der Waals surface area contributed by atoms with Crippen molar-refractivity contribution in [1.29, 1.82) is 0 Å². The Kier molecular flexibility index (Phi) is 6.58. The molecule has 158 valence electrons. The zero-order chi connectivity index (χ0) is 22.4. The number of nitro groups is 2. The normalized spacial score (nSPS) is 10.7. The number of hydrogen-bond donors (Lipinski definition) is 1. The molecule has 0 fully saturated rings. The fraction of sp³-hybridized carbons (Fsp3) is 0.0526. The van der Waals surface area contributed by atoms with Crippen molar-refractivity contribution >= 4 is 35.1 Å². The second kappa shape index (κ2) is 9.50. The summed E-state index contributed by atoms with van der Waals surface area (Å²) in [7, 11) is 0. The summed E-state index contributed by atoms with van der Waals surface area (Å²) in [5, 5.41) is 25.8. The molecule has 2 aromatic carbocycles. The SMILES string of the molecule is O=C(COc1ccc(Cl)cc1[N+](=O)[O-])NN=Cc1cccn1-c1ccc([N+](=O)[O-])cc1. The van der Waals surface area contributed by atoms with E-state index in [0.29, 0.717) is 11.4 Å². The zero-order valence-corrected chi connectivity index (χ0v) is 16.4. The van der Waals surface area contributed by atoms with Gasteiger partial charge in [-0.2, -0.15) is 5.10 Å². The number of nitro benzene ring substituents is 2. The van der Waals surface area contributed by atoms with E-state index in [1.807, 2.05) is 0 Å². The first-order valence-corrected chi connectivity index (χ1v) is 9.04. The van der Waals surface area contributed by atoms with Gasteiger partial charge in [-0.05, 0) is 36.4 Å². The molecule has 0 atom stereocenters. The molecule has 11 nitrogen and oxygen atoms in total. The lowest BCUT2D eigenvalue weighted by Crippen LogP contribution is -2.24. The number of carbonyl (C=O) groups excluding carboxylic acids is 1. The average molecular weight is 444 g/mol. The van der Waals surface area contributed by atoms with E-state index in [0.717, 1.165) is 6.07 Å². The Balaban J connectivity index is 1.61. The first kappa shape index (κ1) is 21.5. The Morgan fingerprint density at radius 2 is 1.87 bits per heavy atom. The van der Waals surface area contributed by atoms with Gasteiger partial charge >= 0.3 is 5.69 Å². The molecule has 1 amide bonds. The lowest BCUT2D eigenvalue weighted by atomic mass is 10.3. The van der Waals surface area contributed by atoms with Crippen LogP contribution in [0.1, 0.15) is 5.69 Å². The van der Waals surface area contributed by atoms with Gasteiger partial charge in [0.15, 0.2) is 12.4 Å². The second-order valence-corrected chi connectivity index (χ2v) is 6.46. The summed E-state index contributed by atoms with van der Waals surface area (Å²) in [6.07, 6.45) is 3.11. The van der Waals surface area contributed by atoms with Crippen LogP contribution in [-0.4, -0.2) is 33.1 Å². The highest BCUT2D eigenvalue weighted by Gasteiger charge is 2.16. The number of amides is 1. The number of hydrogen-bond acceptors (Lipinski definition) is 7. The topological polar surface area (TPSA) is 142 Å². The molecule has 0 unspecified atom stereocenters. The number of rotatable bonds is 8. The van der Waals surface area contributed by atoms with Gasteiger partial charge in [0, 0.05) is 35.1 Å². The molecule has 0 aliphatic carbocycles. The monoisotopic (exact) mass is 443 g/mol. The Bertz CT molecular complexity index is 1160. The maximum Gasteiger partial charge on any atom is 0.312 e. The first-order valence-electron chi connectivity index (χ1n) is 8.66. The van der Waals surface area contributed by atoms with Crippen molar-refractivity contribution in [2.75, 3.05) is 6.61 Å². The molecule has 1 heterocycles. The lowest BCUT2D eigenvalue weighted by Gasteiger charge is -2.07. The highest BCUT2D eigenvalue weighted by atomic mass is 35.5. The molecule has 12 heteroatoms. The fourth-order valence-corrected chi connectivity index (χ4v) is 2.74. The summed E-state index contributed by atoms with van der Waals surface area (Å²) in [6.45, 7) is -0.497. The predicted octanol–water partition coefficient (Wildman–Crippen LogP) is 3.48. The maximum absolute atomic E-state index is 11.9. The van der Waals surface area contributed by atoms with E-state index in [9.17, 15) is 25.0 Å². The van der Waals surface area contributed by atoms with E-state index in [1.165, 1.54) is 30.5 Å². The molecule has 0 spiro atoms. The van der Waals surface area contributed by atoms with Crippen LogP contribution in [0.15, 0.2) is 65.9 Å². The molecular formula is C19H14ClN5O6. The Morgan fingerprint density at radius 3 is 2.55 bits per heavy atom. The fourth-order valence-electron chi connectivity index (χ4n) is 2.57. The van der Waals surface area contributed by atoms with Crippen LogP contribution in [0.5, 0.6) is 5.75 Å². The molecule has 0 aliphatic rings. The second-order valence-electron chi connectivity index (χ2n) is 6.03. The first-order chi connectivity index (χ1) is 14.8. The van der Waals surface area contributed by atoms with E-state index in [4.69, 9.17) is 16.3 Å². The van der Waals surface area contributed by atoms with Crippen LogP contribution in [0, 0.1) is 20.2 Å². The van der Waals surface area contributed by atoms with E-state index < -0.39 is 22.4 Å².